The third-order valence-corrected chi connectivity index (χ3v) is 1.11. The summed E-state index contributed by atoms with van der Waals surface area (Å²) in [5, 5.41) is 5.72. The van der Waals surface area contributed by atoms with Crippen LogP contribution in [0.15, 0.2) is 0 Å². The molecule has 29 valence electrons. The first-order chi connectivity index (χ1) is 2.89. The van der Waals surface area contributed by atoms with Crippen LogP contribution in [0.1, 0.15) is 5.56 Å². The van der Waals surface area contributed by atoms with E-state index >= 15 is 0 Å². The highest BCUT2D eigenvalue weighted by atomic mass is 32.1. The second kappa shape index (κ2) is 1.43. The molecule has 0 spiro atoms. The van der Waals surface area contributed by atoms with E-state index in [9.17, 15) is 0 Å². The Bertz CT molecular complexity index is 107. The summed E-state index contributed by atoms with van der Waals surface area (Å²) in [6.07, 6.45) is 0. The van der Waals surface area contributed by atoms with Gasteiger partial charge < -0.3 is 0 Å². The molecule has 0 aliphatic heterocycles. The predicted octanol–water partition coefficient (Wildman–Crippen LogP) is 1.46. The van der Waals surface area contributed by atoms with Crippen molar-refractivity contribution in [3.63, 3.8) is 0 Å². The van der Waals surface area contributed by atoms with Gasteiger partial charge in [-0.15, -0.1) is 11.3 Å². The average molecular weight is 95.1 g/mol. The highest BCUT2D eigenvalue weighted by Gasteiger charge is 1.78. The fourth-order valence-corrected chi connectivity index (χ4v) is 0.689. The lowest BCUT2D eigenvalue weighted by molar-refractivity contribution is 1.53. The van der Waals surface area contributed by atoms with Crippen LogP contribution in [0.5, 0.6) is 0 Å². The van der Waals surface area contributed by atoms with Gasteiger partial charge in [0.15, 0.2) is 0 Å². The molecule has 0 saturated heterocycles. The van der Waals surface area contributed by atoms with Crippen molar-refractivity contribution in [1.82, 2.24) is 0 Å². The SMILES string of the molecule is Cc1[c][c]s[c]1. The molecule has 0 amide bonds. The van der Waals surface area contributed by atoms with E-state index < -0.39 is 0 Å². The molecule has 1 aromatic rings. The second-order valence-corrected chi connectivity index (χ2v) is 1.67. The standard InChI is InChI=1S/C5H3S/c1-5-2-3-6-4-5/h1H3. The summed E-state index contributed by atoms with van der Waals surface area (Å²) >= 11 is 1.43. The zero-order chi connectivity index (χ0) is 4.41. The van der Waals surface area contributed by atoms with Crippen molar-refractivity contribution in [2.45, 2.75) is 6.92 Å². The minimum atomic E-state index is 1.06. The Labute approximate surface area is 41.4 Å². The largest absolute Gasteiger partial charge is 0.133 e. The second-order valence-electron chi connectivity index (χ2n) is 1.06. The molecule has 0 aliphatic rings. The molecule has 3 radical (unpaired) electrons. The number of rotatable bonds is 0. The van der Waals surface area contributed by atoms with Crippen LogP contribution >= 0.6 is 11.3 Å². The Kier molecular flexibility index (Phi) is 0.926. The van der Waals surface area contributed by atoms with E-state index in [1.165, 1.54) is 11.3 Å². The Morgan fingerprint density at radius 3 is 2.67 bits per heavy atom. The van der Waals surface area contributed by atoms with Gasteiger partial charge in [0.1, 0.15) is 0 Å². The average Bonchev–Trinajstić information content (AvgIpc) is 1.86. The summed E-state index contributed by atoms with van der Waals surface area (Å²) in [5.41, 5.74) is 1.06. The summed E-state index contributed by atoms with van der Waals surface area (Å²) in [4.78, 5) is 0. The first-order valence-corrected chi connectivity index (χ1v) is 2.47. The minimum absolute atomic E-state index is 1.06. The van der Waals surface area contributed by atoms with Gasteiger partial charge in [-0.3, -0.25) is 0 Å². The molecule has 1 heterocycles. The fraction of sp³-hybridized carbons (Fsp3) is 0.200. The van der Waals surface area contributed by atoms with Crippen LogP contribution in [0, 0.1) is 23.8 Å². The van der Waals surface area contributed by atoms with Gasteiger partial charge in [0.25, 0.3) is 0 Å². The van der Waals surface area contributed by atoms with E-state index in [0.717, 1.165) is 5.56 Å². The Morgan fingerprint density at radius 1 is 1.67 bits per heavy atom. The normalized spacial score (nSPS) is 8.83. The Morgan fingerprint density at radius 2 is 2.50 bits per heavy atom. The molecule has 0 bridgehead atoms. The maximum Gasteiger partial charge on any atom is 0.0537 e. The zero-order valence-electron chi connectivity index (χ0n) is 3.41. The smallest absolute Gasteiger partial charge is 0.0537 e. The highest BCUT2D eigenvalue weighted by molar-refractivity contribution is 7.06. The van der Waals surface area contributed by atoms with Crippen LogP contribution in [0.3, 0.4) is 0 Å². The van der Waals surface area contributed by atoms with Gasteiger partial charge in [0.2, 0.25) is 0 Å². The molecule has 0 saturated carbocycles. The molecule has 0 aromatic carbocycles. The van der Waals surface area contributed by atoms with E-state index in [1.54, 1.807) is 0 Å². The molecular weight excluding hydrogens is 92.1 g/mol. The number of hydrogen-bond acceptors (Lipinski definition) is 1. The summed E-state index contributed by atoms with van der Waals surface area (Å²) in [6.45, 7) is 1.95. The number of hydrogen-bond donors (Lipinski definition) is 0. The Hall–Kier alpha value is -0.300. The summed E-state index contributed by atoms with van der Waals surface area (Å²) in [7, 11) is 0. The molecule has 1 rings (SSSR count). The van der Waals surface area contributed by atoms with Crippen molar-refractivity contribution in [2.24, 2.45) is 0 Å². The van der Waals surface area contributed by atoms with Gasteiger partial charge >= 0.3 is 0 Å². The van der Waals surface area contributed by atoms with Crippen LogP contribution < -0.4 is 0 Å². The van der Waals surface area contributed by atoms with E-state index in [1.807, 2.05) is 6.92 Å². The summed E-state index contributed by atoms with van der Waals surface area (Å²) in [6, 6.07) is 2.84. The number of thiophene rings is 1. The van der Waals surface area contributed by atoms with Gasteiger partial charge in [0.05, 0.1) is 5.38 Å². The lowest BCUT2D eigenvalue weighted by Gasteiger charge is -1.62. The zero-order valence-corrected chi connectivity index (χ0v) is 4.22. The first-order valence-electron chi connectivity index (χ1n) is 1.66. The van der Waals surface area contributed by atoms with Gasteiger partial charge in [-0.2, -0.15) is 0 Å². The molecule has 1 heteroatoms. The quantitative estimate of drug-likeness (QED) is 0.457. The Balaban J connectivity index is 3.05. The molecule has 0 unspecified atom stereocenters. The number of aryl methyl sites for hydroxylation is 1. The predicted molar refractivity (Wildman–Crippen MR) is 25.6 cm³/mol. The molecule has 0 N–H and O–H groups in total. The van der Waals surface area contributed by atoms with Gasteiger partial charge in [0, 0.05) is 11.4 Å². The topological polar surface area (TPSA) is 0 Å². The van der Waals surface area contributed by atoms with E-state index in [-0.39, 0.29) is 0 Å². The fourth-order valence-electron chi connectivity index (χ4n) is 0.230. The summed E-state index contributed by atoms with van der Waals surface area (Å²) in [5.74, 6) is 0. The van der Waals surface area contributed by atoms with Gasteiger partial charge in [-0.05, 0) is 12.5 Å². The van der Waals surface area contributed by atoms with E-state index in [4.69, 9.17) is 0 Å². The summed E-state index contributed by atoms with van der Waals surface area (Å²) < 4.78 is 0. The maximum absolute atomic E-state index is 2.93. The lowest BCUT2D eigenvalue weighted by atomic mass is 10.4. The van der Waals surface area contributed by atoms with Crippen LogP contribution in [0.4, 0.5) is 0 Å². The molecule has 0 aliphatic carbocycles. The lowest BCUT2D eigenvalue weighted by Crippen LogP contribution is -1.50. The molecular formula is C5H3S. The third-order valence-electron chi connectivity index (χ3n) is 0.494. The molecule has 6 heavy (non-hydrogen) atoms. The minimum Gasteiger partial charge on any atom is -0.133 e. The van der Waals surface area contributed by atoms with Crippen LogP contribution in [0.25, 0.3) is 0 Å². The van der Waals surface area contributed by atoms with Crippen LogP contribution in [0.2, 0.25) is 0 Å². The highest BCUT2D eigenvalue weighted by Crippen LogP contribution is 1.97. The van der Waals surface area contributed by atoms with Crippen LogP contribution in [-0.4, -0.2) is 0 Å². The monoisotopic (exact) mass is 95.0 g/mol. The van der Waals surface area contributed by atoms with Gasteiger partial charge in [-0.25, -0.2) is 0 Å². The molecule has 0 nitrogen and oxygen atoms in total. The van der Waals surface area contributed by atoms with E-state index in [2.05, 4.69) is 16.8 Å². The first kappa shape index (κ1) is 3.88. The van der Waals surface area contributed by atoms with Crippen molar-refractivity contribution >= 4 is 11.3 Å². The third kappa shape index (κ3) is 0.601. The molecule has 0 fully saturated rings. The van der Waals surface area contributed by atoms with E-state index in [0.29, 0.717) is 0 Å². The molecule has 1 aromatic heterocycles. The maximum atomic E-state index is 2.93. The van der Waals surface area contributed by atoms with Crippen molar-refractivity contribution in [2.75, 3.05) is 0 Å². The molecule has 0 atom stereocenters. The van der Waals surface area contributed by atoms with Crippen molar-refractivity contribution in [3.05, 3.63) is 22.4 Å². The van der Waals surface area contributed by atoms with Crippen molar-refractivity contribution in [3.8, 4) is 0 Å². The van der Waals surface area contributed by atoms with Crippen molar-refractivity contribution in [1.29, 1.82) is 0 Å². The van der Waals surface area contributed by atoms with Crippen LogP contribution in [-0.2, 0) is 0 Å². The van der Waals surface area contributed by atoms with Gasteiger partial charge in [-0.1, -0.05) is 0 Å². The van der Waals surface area contributed by atoms with Crippen molar-refractivity contribution < 1.29 is 0 Å².